The molecule has 0 bridgehead atoms. The first kappa shape index (κ1) is 20.1. The quantitative estimate of drug-likeness (QED) is 0.789. The standard InChI is InChI=1S/C17H20Cl2N4O3S/c1-22-8-5-12(21-22)11-20-17(24)13-9-16(15(19)10-14(13)18)27(25,26)23-6-3-2-4-7-23/h5,8-10H,2-4,6-7,11H2,1H3,(H,20,24). The van der Waals surface area contributed by atoms with Crippen molar-refractivity contribution in [2.45, 2.75) is 30.7 Å². The first-order valence-corrected chi connectivity index (χ1v) is 10.7. The molecule has 10 heteroatoms. The molecule has 1 N–H and O–H groups in total. The number of carbonyl (C=O) groups is 1. The van der Waals surface area contributed by atoms with Gasteiger partial charge in [0, 0.05) is 26.3 Å². The summed E-state index contributed by atoms with van der Waals surface area (Å²) >= 11 is 12.3. The lowest BCUT2D eigenvalue weighted by Gasteiger charge is -2.26. The third kappa shape index (κ3) is 4.45. The second-order valence-corrected chi connectivity index (χ2v) is 9.11. The van der Waals surface area contributed by atoms with E-state index in [4.69, 9.17) is 23.2 Å². The van der Waals surface area contributed by atoms with Crippen LogP contribution >= 0.6 is 23.2 Å². The van der Waals surface area contributed by atoms with E-state index < -0.39 is 15.9 Å². The van der Waals surface area contributed by atoms with Crippen LogP contribution in [0.15, 0.2) is 29.3 Å². The van der Waals surface area contributed by atoms with Crippen molar-refractivity contribution in [3.8, 4) is 0 Å². The highest BCUT2D eigenvalue weighted by Gasteiger charge is 2.29. The van der Waals surface area contributed by atoms with Gasteiger partial charge in [0.2, 0.25) is 10.0 Å². The molecule has 0 unspecified atom stereocenters. The van der Waals surface area contributed by atoms with E-state index in [1.54, 1.807) is 24.0 Å². The largest absolute Gasteiger partial charge is 0.346 e. The predicted molar refractivity (Wildman–Crippen MR) is 103 cm³/mol. The summed E-state index contributed by atoms with van der Waals surface area (Å²) in [4.78, 5) is 12.4. The molecule has 146 valence electrons. The number of hydrogen-bond donors (Lipinski definition) is 1. The molecule has 27 heavy (non-hydrogen) atoms. The molecule has 1 amide bonds. The minimum absolute atomic E-state index is 0.00634. The summed E-state index contributed by atoms with van der Waals surface area (Å²) < 4.78 is 28.9. The van der Waals surface area contributed by atoms with E-state index in [0.29, 0.717) is 18.8 Å². The second kappa shape index (κ2) is 8.18. The van der Waals surface area contributed by atoms with E-state index in [-0.39, 0.29) is 27.0 Å². The van der Waals surface area contributed by atoms with Crippen molar-refractivity contribution >= 4 is 39.1 Å². The van der Waals surface area contributed by atoms with Crippen LogP contribution in [0.25, 0.3) is 0 Å². The van der Waals surface area contributed by atoms with Crippen LogP contribution in [0.4, 0.5) is 0 Å². The fraction of sp³-hybridized carbons (Fsp3) is 0.412. The van der Waals surface area contributed by atoms with Crippen molar-refractivity contribution in [3.05, 3.63) is 45.7 Å². The SMILES string of the molecule is Cn1ccc(CNC(=O)c2cc(S(=O)(=O)N3CCCCC3)c(Cl)cc2Cl)n1. The van der Waals surface area contributed by atoms with Crippen molar-refractivity contribution in [2.24, 2.45) is 7.05 Å². The zero-order valence-corrected chi connectivity index (χ0v) is 17.1. The van der Waals surface area contributed by atoms with E-state index in [9.17, 15) is 13.2 Å². The third-order valence-corrected chi connectivity index (χ3v) is 7.07. The van der Waals surface area contributed by atoms with Crippen molar-refractivity contribution in [1.29, 1.82) is 0 Å². The lowest BCUT2D eigenvalue weighted by molar-refractivity contribution is 0.0950. The topological polar surface area (TPSA) is 84.3 Å². The Morgan fingerprint density at radius 1 is 1.19 bits per heavy atom. The normalized spacial score (nSPS) is 15.7. The first-order chi connectivity index (χ1) is 12.8. The predicted octanol–water partition coefficient (Wildman–Crippen LogP) is 2.83. The fourth-order valence-corrected chi connectivity index (χ4v) is 5.32. The summed E-state index contributed by atoms with van der Waals surface area (Å²) in [6, 6.07) is 4.33. The number of piperidine rings is 1. The monoisotopic (exact) mass is 430 g/mol. The van der Waals surface area contributed by atoms with Gasteiger partial charge in [0.15, 0.2) is 0 Å². The number of amides is 1. The Kier molecular flexibility index (Phi) is 6.10. The van der Waals surface area contributed by atoms with E-state index in [1.165, 1.54) is 16.4 Å². The Morgan fingerprint density at radius 3 is 2.52 bits per heavy atom. The van der Waals surface area contributed by atoms with Gasteiger partial charge < -0.3 is 5.32 Å². The molecular weight excluding hydrogens is 411 g/mol. The molecule has 0 spiro atoms. The maximum absolute atomic E-state index is 12.9. The lowest BCUT2D eigenvalue weighted by Crippen LogP contribution is -2.36. The molecule has 1 aromatic carbocycles. The molecule has 1 aromatic heterocycles. The van der Waals surface area contributed by atoms with Gasteiger partial charge in [0.25, 0.3) is 5.91 Å². The Morgan fingerprint density at radius 2 is 1.89 bits per heavy atom. The number of nitrogens with one attached hydrogen (secondary N) is 1. The maximum atomic E-state index is 12.9. The number of hydrogen-bond acceptors (Lipinski definition) is 4. The van der Waals surface area contributed by atoms with Crippen LogP contribution in [0.5, 0.6) is 0 Å². The number of nitrogens with zero attached hydrogens (tertiary/aromatic N) is 3. The molecular formula is C17H20Cl2N4O3S. The average molecular weight is 431 g/mol. The summed E-state index contributed by atoms with van der Waals surface area (Å²) in [6.45, 7) is 1.10. The molecule has 0 atom stereocenters. The van der Waals surface area contributed by atoms with Gasteiger partial charge in [-0.05, 0) is 31.0 Å². The van der Waals surface area contributed by atoms with Crippen molar-refractivity contribution in [2.75, 3.05) is 13.1 Å². The minimum Gasteiger partial charge on any atom is -0.346 e. The molecule has 0 radical (unpaired) electrons. The summed E-state index contributed by atoms with van der Waals surface area (Å²) in [5.41, 5.74) is 0.740. The molecule has 1 fully saturated rings. The van der Waals surface area contributed by atoms with Gasteiger partial charge in [0.05, 0.1) is 27.8 Å². The Labute approximate surface area is 168 Å². The van der Waals surface area contributed by atoms with Gasteiger partial charge in [-0.25, -0.2) is 8.42 Å². The fourth-order valence-electron chi connectivity index (χ4n) is 2.97. The zero-order chi connectivity index (χ0) is 19.6. The molecule has 1 aliphatic rings. The summed E-state index contributed by atoms with van der Waals surface area (Å²) in [5, 5.41) is 6.97. The third-order valence-electron chi connectivity index (χ3n) is 4.40. The molecule has 3 rings (SSSR count). The zero-order valence-electron chi connectivity index (χ0n) is 14.8. The number of sulfonamides is 1. The van der Waals surface area contributed by atoms with Gasteiger partial charge >= 0.3 is 0 Å². The lowest BCUT2D eigenvalue weighted by atomic mass is 10.2. The molecule has 2 heterocycles. The van der Waals surface area contributed by atoms with Crippen LogP contribution in [0.2, 0.25) is 10.0 Å². The Hall–Kier alpha value is -1.61. The number of aromatic nitrogens is 2. The van der Waals surface area contributed by atoms with Crippen molar-refractivity contribution in [1.82, 2.24) is 19.4 Å². The smallest absolute Gasteiger partial charge is 0.253 e. The number of benzene rings is 1. The van der Waals surface area contributed by atoms with Crippen molar-refractivity contribution in [3.63, 3.8) is 0 Å². The van der Waals surface area contributed by atoms with Gasteiger partial charge in [-0.3, -0.25) is 9.48 Å². The molecule has 1 saturated heterocycles. The van der Waals surface area contributed by atoms with E-state index in [1.807, 2.05) is 0 Å². The van der Waals surface area contributed by atoms with Crippen LogP contribution in [0.1, 0.15) is 35.3 Å². The minimum atomic E-state index is -3.78. The van der Waals surface area contributed by atoms with Crippen molar-refractivity contribution < 1.29 is 13.2 Å². The highest BCUT2D eigenvalue weighted by molar-refractivity contribution is 7.89. The van der Waals surface area contributed by atoms with Crippen LogP contribution in [-0.4, -0.2) is 41.5 Å². The van der Waals surface area contributed by atoms with E-state index >= 15 is 0 Å². The van der Waals surface area contributed by atoms with Gasteiger partial charge in [0.1, 0.15) is 4.90 Å². The van der Waals surface area contributed by atoms with Gasteiger partial charge in [-0.15, -0.1) is 0 Å². The van der Waals surface area contributed by atoms with Crippen LogP contribution < -0.4 is 5.32 Å². The molecule has 1 aliphatic heterocycles. The van der Waals surface area contributed by atoms with E-state index in [2.05, 4.69) is 10.4 Å². The first-order valence-electron chi connectivity index (χ1n) is 8.55. The summed E-state index contributed by atoms with van der Waals surface area (Å²) in [5.74, 6) is -0.489. The number of halogens is 2. The van der Waals surface area contributed by atoms with E-state index in [0.717, 1.165) is 19.3 Å². The average Bonchev–Trinajstić information content (AvgIpc) is 3.05. The molecule has 0 saturated carbocycles. The number of aryl methyl sites for hydroxylation is 1. The highest BCUT2D eigenvalue weighted by Crippen LogP contribution is 2.31. The number of carbonyl (C=O) groups excluding carboxylic acids is 1. The number of rotatable bonds is 5. The highest BCUT2D eigenvalue weighted by atomic mass is 35.5. The summed E-state index contributed by atoms with van der Waals surface area (Å²) in [7, 11) is -2.01. The molecule has 2 aromatic rings. The van der Waals surface area contributed by atoms with Gasteiger partial charge in [-0.1, -0.05) is 29.6 Å². The molecule has 7 nitrogen and oxygen atoms in total. The second-order valence-electron chi connectivity index (χ2n) is 6.39. The van der Waals surface area contributed by atoms with Gasteiger partial charge in [-0.2, -0.15) is 9.40 Å². The maximum Gasteiger partial charge on any atom is 0.253 e. The Balaban J connectivity index is 1.85. The van der Waals surface area contributed by atoms with Crippen LogP contribution in [0, 0.1) is 0 Å². The summed E-state index contributed by atoms with van der Waals surface area (Å²) in [6.07, 6.45) is 4.38. The Bertz CT molecular complexity index is 953. The molecule has 0 aliphatic carbocycles. The van der Waals surface area contributed by atoms with Crippen LogP contribution in [0.3, 0.4) is 0 Å². The van der Waals surface area contributed by atoms with Crippen LogP contribution in [-0.2, 0) is 23.6 Å².